The normalized spacial score (nSPS) is 10.2. The third kappa shape index (κ3) is 4.68. The smallest absolute Gasteiger partial charge is 0.251 e. The van der Waals surface area contributed by atoms with E-state index in [0.717, 1.165) is 16.7 Å². The molecule has 0 radical (unpaired) electrons. The molecule has 0 aromatic heterocycles. The third-order valence-electron chi connectivity index (χ3n) is 3.77. The summed E-state index contributed by atoms with van der Waals surface area (Å²) in [5.74, 6) is -0.347. The molecular weight excluding hydrogens is 288 g/mol. The molecule has 0 saturated heterocycles. The summed E-state index contributed by atoms with van der Waals surface area (Å²) in [5, 5.41) is 2.68. The average molecular weight is 310 g/mol. The van der Waals surface area contributed by atoms with Crippen LogP contribution in [-0.4, -0.2) is 30.3 Å². The summed E-state index contributed by atoms with van der Waals surface area (Å²) in [4.78, 5) is 25.9. The topological polar surface area (TPSA) is 49.4 Å². The average Bonchev–Trinajstić information content (AvgIpc) is 2.54. The van der Waals surface area contributed by atoms with Gasteiger partial charge in [0, 0.05) is 19.2 Å². The predicted octanol–water partition coefficient (Wildman–Crippen LogP) is 2.69. The molecule has 0 unspecified atom stereocenters. The van der Waals surface area contributed by atoms with E-state index in [1.807, 2.05) is 50.2 Å². The van der Waals surface area contributed by atoms with E-state index in [9.17, 15) is 9.59 Å². The second kappa shape index (κ2) is 7.58. The van der Waals surface area contributed by atoms with Gasteiger partial charge in [-0.15, -0.1) is 0 Å². The second-order valence-electron chi connectivity index (χ2n) is 5.73. The summed E-state index contributed by atoms with van der Waals surface area (Å²) in [7, 11) is 1.74. The highest BCUT2D eigenvalue weighted by atomic mass is 16.2. The minimum atomic E-state index is -0.230. The molecule has 2 aromatic rings. The molecule has 0 saturated carbocycles. The van der Waals surface area contributed by atoms with Gasteiger partial charge in [-0.2, -0.15) is 0 Å². The molecule has 0 aliphatic heterocycles. The van der Waals surface area contributed by atoms with E-state index in [-0.39, 0.29) is 18.4 Å². The molecular formula is C19H22N2O2. The standard InChI is InChI=1S/C19H22N2O2/c1-14-7-6-10-16(11-14)19(23)20-12-18(22)21(3)13-17-9-5-4-8-15(17)2/h4-11H,12-13H2,1-3H3,(H,20,23). The zero-order chi connectivity index (χ0) is 16.8. The molecule has 0 aliphatic carbocycles. The van der Waals surface area contributed by atoms with Gasteiger partial charge in [0.15, 0.2) is 0 Å². The van der Waals surface area contributed by atoms with E-state index >= 15 is 0 Å². The summed E-state index contributed by atoms with van der Waals surface area (Å²) in [6.45, 7) is 4.48. The first-order valence-electron chi connectivity index (χ1n) is 7.60. The fraction of sp³-hybridized carbons (Fsp3) is 0.263. The van der Waals surface area contributed by atoms with Crippen molar-refractivity contribution in [2.75, 3.05) is 13.6 Å². The van der Waals surface area contributed by atoms with Crippen LogP contribution in [0.3, 0.4) is 0 Å². The van der Waals surface area contributed by atoms with Gasteiger partial charge in [-0.3, -0.25) is 9.59 Å². The number of nitrogens with zero attached hydrogens (tertiary/aromatic N) is 1. The zero-order valence-corrected chi connectivity index (χ0v) is 13.8. The van der Waals surface area contributed by atoms with Crippen LogP contribution in [0.1, 0.15) is 27.0 Å². The van der Waals surface area contributed by atoms with Gasteiger partial charge < -0.3 is 10.2 Å². The van der Waals surface area contributed by atoms with Crippen LogP contribution < -0.4 is 5.32 Å². The number of aryl methyl sites for hydroxylation is 2. The summed E-state index contributed by atoms with van der Waals surface area (Å²) in [6, 6.07) is 15.3. The first-order valence-corrected chi connectivity index (χ1v) is 7.60. The van der Waals surface area contributed by atoms with Crippen LogP contribution >= 0.6 is 0 Å². The fourth-order valence-corrected chi connectivity index (χ4v) is 2.31. The highest BCUT2D eigenvalue weighted by molar-refractivity contribution is 5.96. The predicted molar refractivity (Wildman–Crippen MR) is 91.2 cm³/mol. The maximum absolute atomic E-state index is 12.2. The van der Waals surface area contributed by atoms with Gasteiger partial charge in [0.1, 0.15) is 0 Å². The molecule has 2 amide bonds. The van der Waals surface area contributed by atoms with Crippen molar-refractivity contribution in [3.05, 3.63) is 70.8 Å². The van der Waals surface area contributed by atoms with Gasteiger partial charge >= 0.3 is 0 Å². The maximum atomic E-state index is 12.2. The van der Waals surface area contributed by atoms with Crippen molar-refractivity contribution < 1.29 is 9.59 Å². The Labute approximate surface area is 137 Å². The maximum Gasteiger partial charge on any atom is 0.251 e. The number of benzene rings is 2. The summed E-state index contributed by atoms with van der Waals surface area (Å²) in [6.07, 6.45) is 0. The number of carbonyl (C=O) groups excluding carboxylic acids is 2. The van der Waals surface area contributed by atoms with Crippen molar-refractivity contribution in [2.45, 2.75) is 20.4 Å². The van der Waals surface area contributed by atoms with Gasteiger partial charge in [0.25, 0.3) is 5.91 Å². The van der Waals surface area contributed by atoms with Crippen LogP contribution in [0.4, 0.5) is 0 Å². The Balaban J connectivity index is 1.89. The molecule has 1 N–H and O–H groups in total. The summed E-state index contributed by atoms with van der Waals surface area (Å²) < 4.78 is 0. The van der Waals surface area contributed by atoms with Crippen LogP contribution in [0.5, 0.6) is 0 Å². The minimum Gasteiger partial charge on any atom is -0.343 e. The van der Waals surface area contributed by atoms with E-state index in [1.54, 1.807) is 24.1 Å². The van der Waals surface area contributed by atoms with Gasteiger partial charge in [-0.05, 0) is 37.1 Å². The van der Waals surface area contributed by atoms with Crippen LogP contribution in [-0.2, 0) is 11.3 Å². The van der Waals surface area contributed by atoms with E-state index in [1.165, 1.54) is 0 Å². The van der Waals surface area contributed by atoms with Gasteiger partial charge in [-0.25, -0.2) is 0 Å². The second-order valence-corrected chi connectivity index (χ2v) is 5.73. The van der Waals surface area contributed by atoms with Gasteiger partial charge in [0.05, 0.1) is 6.54 Å². The molecule has 23 heavy (non-hydrogen) atoms. The summed E-state index contributed by atoms with van der Waals surface area (Å²) in [5.41, 5.74) is 3.84. The Morgan fingerprint density at radius 1 is 1.04 bits per heavy atom. The fourth-order valence-electron chi connectivity index (χ4n) is 2.31. The van der Waals surface area contributed by atoms with E-state index in [2.05, 4.69) is 5.32 Å². The summed E-state index contributed by atoms with van der Waals surface area (Å²) >= 11 is 0. The van der Waals surface area contributed by atoms with E-state index < -0.39 is 0 Å². The van der Waals surface area contributed by atoms with E-state index in [4.69, 9.17) is 0 Å². The Hall–Kier alpha value is -2.62. The quantitative estimate of drug-likeness (QED) is 0.923. The molecule has 0 spiro atoms. The van der Waals surface area contributed by atoms with Crippen molar-refractivity contribution in [3.63, 3.8) is 0 Å². The Morgan fingerprint density at radius 3 is 2.48 bits per heavy atom. The monoisotopic (exact) mass is 310 g/mol. The minimum absolute atomic E-state index is 0.00481. The molecule has 0 atom stereocenters. The van der Waals surface area contributed by atoms with Crippen LogP contribution in [0.15, 0.2) is 48.5 Å². The third-order valence-corrected chi connectivity index (χ3v) is 3.77. The Bertz CT molecular complexity index is 710. The molecule has 4 heteroatoms. The largest absolute Gasteiger partial charge is 0.343 e. The number of carbonyl (C=O) groups is 2. The molecule has 0 fully saturated rings. The number of rotatable bonds is 5. The van der Waals surface area contributed by atoms with Crippen LogP contribution in [0.25, 0.3) is 0 Å². The zero-order valence-electron chi connectivity index (χ0n) is 13.8. The number of amides is 2. The van der Waals surface area contributed by atoms with Crippen molar-refractivity contribution in [1.29, 1.82) is 0 Å². The van der Waals surface area contributed by atoms with Crippen molar-refractivity contribution in [1.82, 2.24) is 10.2 Å². The Morgan fingerprint density at radius 2 is 1.78 bits per heavy atom. The molecule has 0 heterocycles. The highest BCUT2D eigenvalue weighted by Crippen LogP contribution is 2.09. The van der Waals surface area contributed by atoms with Gasteiger partial charge in [-0.1, -0.05) is 42.0 Å². The van der Waals surface area contributed by atoms with Gasteiger partial charge in [0.2, 0.25) is 5.91 Å². The lowest BCUT2D eigenvalue weighted by Gasteiger charge is -2.18. The van der Waals surface area contributed by atoms with Crippen molar-refractivity contribution in [2.24, 2.45) is 0 Å². The van der Waals surface area contributed by atoms with Crippen LogP contribution in [0.2, 0.25) is 0 Å². The lowest BCUT2D eigenvalue weighted by Crippen LogP contribution is -2.37. The highest BCUT2D eigenvalue weighted by Gasteiger charge is 2.12. The molecule has 0 bridgehead atoms. The van der Waals surface area contributed by atoms with Crippen LogP contribution in [0, 0.1) is 13.8 Å². The van der Waals surface area contributed by atoms with Crippen molar-refractivity contribution in [3.8, 4) is 0 Å². The molecule has 2 rings (SSSR count). The number of likely N-dealkylation sites (N-methyl/N-ethyl adjacent to an activating group) is 1. The first-order chi connectivity index (χ1) is 11.0. The number of hydrogen-bond acceptors (Lipinski definition) is 2. The lowest BCUT2D eigenvalue weighted by molar-refractivity contribution is -0.129. The van der Waals surface area contributed by atoms with Crippen molar-refractivity contribution >= 4 is 11.8 Å². The first kappa shape index (κ1) is 16.7. The molecule has 2 aromatic carbocycles. The number of nitrogens with one attached hydrogen (secondary N) is 1. The molecule has 4 nitrogen and oxygen atoms in total. The Kier molecular flexibility index (Phi) is 5.52. The van der Waals surface area contributed by atoms with E-state index in [0.29, 0.717) is 12.1 Å². The molecule has 0 aliphatic rings. The number of hydrogen-bond donors (Lipinski definition) is 1. The lowest BCUT2D eigenvalue weighted by atomic mass is 10.1. The molecule has 120 valence electrons. The SMILES string of the molecule is Cc1cccc(C(=O)NCC(=O)N(C)Cc2ccccc2C)c1.